The van der Waals surface area contributed by atoms with Crippen molar-refractivity contribution in [2.75, 3.05) is 27.9 Å². The van der Waals surface area contributed by atoms with E-state index in [4.69, 9.17) is 18.9 Å². The van der Waals surface area contributed by atoms with Crippen molar-refractivity contribution in [1.82, 2.24) is 4.90 Å². The normalized spacial score (nSPS) is 16.1. The number of ether oxygens (including phenoxy) is 4. The van der Waals surface area contributed by atoms with Crippen molar-refractivity contribution in [1.29, 1.82) is 0 Å². The van der Waals surface area contributed by atoms with Gasteiger partial charge in [-0.25, -0.2) is 0 Å². The first-order valence-electron chi connectivity index (χ1n) is 11.3. The van der Waals surface area contributed by atoms with E-state index in [2.05, 4.69) is 6.07 Å². The van der Waals surface area contributed by atoms with Crippen LogP contribution in [0.15, 0.2) is 36.4 Å². The predicted octanol–water partition coefficient (Wildman–Crippen LogP) is 5.13. The van der Waals surface area contributed by atoms with E-state index >= 15 is 0 Å². The lowest BCUT2D eigenvalue weighted by atomic mass is 9.95. The average molecular weight is 442 g/mol. The Balaban J connectivity index is 1.73. The Morgan fingerprint density at radius 1 is 0.938 bits per heavy atom. The number of hydrogen-bond acceptors (Lipinski definition) is 5. The van der Waals surface area contributed by atoms with Crippen molar-refractivity contribution in [3.05, 3.63) is 47.5 Å². The average Bonchev–Trinajstić information content (AvgIpc) is 2.82. The van der Waals surface area contributed by atoms with Gasteiger partial charge < -0.3 is 23.8 Å². The molecule has 1 fully saturated rings. The smallest absolute Gasteiger partial charge is 0.254 e. The summed E-state index contributed by atoms with van der Waals surface area (Å²) in [5.74, 6) is 2.75. The molecule has 1 aliphatic heterocycles. The molecule has 1 unspecified atom stereocenters. The van der Waals surface area contributed by atoms with Crippen LogP contribution in [0.25, 0.3) is 0 Å². The zero-order chi connectivity index (χ0) is 23.1. The highest BCUT2D eigenvalue weighted by Crippen LogP contribution is 2.32. The Morgan fingerprint density at radius 3 is 2.31 bits per heavy atom. The molecule has 174 valence electrons. The summed E-state index contributed by atoms with van der Waals surface area (Å²) in [5, 5.41) is 0. The number of amides is 1. The van der Waals surface area contributed by atoms with Gasteiger partial charge in [0, 0.05) is 18.2 Å². The molecule has 3 rings (SSSR count). The SMILES string of the molecule is COc1ccc(CCC2CCCCN2C(=O)c2ccc(OC(C)C)c(OC)c2)cc1OC. The number of hydrogen-bond donors (Lipinski definition) is 0. The predicted molar refractivity (Wildman–Crippen MR) is 125 cm³/mol. The van der Waals surface area contributed by atoms with Gasteiger partial charge in [0.25, 0.3) is 5.91 Å². The summed E-state index contributed by atoms with van der Waals surface area (Å²) in [7, 11) is 4.89. The van der Waals surface area contributed by atoms with Crippen LogP contribution in [0, 0.1) is 0 Å². The van der Waals surface area contributed by atoms with Gasteiger partial charge in [0.1, 0.15) is 0 Å². The first-order valence-corrected chi connectivity index (χ1v) is 11.3. The monoisotopic (exact) mass is 441 g/mol. The second-order valence-corrected chi connectivity index (χ2v) is 8.41. The van der Waals surface area contributed by atoms with Crippen LogP contribution in [0.1, 0.15) is 55.5 Å². The van der Waals surface area contributed by atoms with Crippen LogP contribution in [0.3, 0.4) is 0 Å². The van der Waals surface area contributed by atoms with Crippen molar-refractivity contribution in [3.63, 3.8) is 0 Å². The molecule has 0 aliphatic carbocycles. The maximum absolute atomic E-state index is 13.4. The van der Waals surface area contributed by atoms with Crippen molar-refractivity contribution in [2.24, 2.45) is 0 Å². The number of nitrogens with zero attached hydrogens (tertiary/aromatic N) is 1. The highest BCUT2D eigenvalue weighted by atomic mass is 16.5. The van der Waals surface area contributed by atoms with Crippen LogP contribution in [-0.4, -0.2) is 50.8 Å². The molecule has 1 atom stereocenters. The first-order chi connectivity index (χ1) is 15.5. The number of carbonyl (C=O) groups excluding carboxylic acids is 1. The lowest BCUT2D eigenvalue weighted by molar-refractivity contribution is 0.0601. The van der Waals surface area contributed by atoms with E-state index in [1.54, 1.807) is 27.4 Å². The number of aryl methyl sites for hydroxylation is 1. The summed E-state index contributed by atoms with van der Waals surface area (Å²) in [5.41, 5.74) is 1.81. The molecule has 1 amide bonds. The number of benzene rings is 2. The quantitative estimate of drug-likeness (QED) is 0.540. The van der Waals surface area contributed by atoms with Crippen molar-refractivity contribution >= 4 is 5.91 Å². The number of piperidine rings is 1. The molecule has 0 N–H and O–H groups in total. The molecule has 0 radical (unpaired) electrons. The van der Waals surface area contributed by atoms with Gasteiger partial charge in [0.05, 0.1) is 27.4 Å². The molecular weight excluding hydrogens is 406 g/mol. The summed E-state index contributed by atoms with van der Waals surface area (Å²) in [6, 6.07) is 11.7. The summed E-state index contributed by atoms with van der Waals surface area (Å²) in [4.78, 5) is 15.4. The summed E-state index contributed by atoms with van der Waals surface area (Å²) in [6.07, 6.45) is 5.01. The van der Waals surface area contributed by atoms with E-state index in [0.717, 1.165) is 50.1 Å². The fraction of sp³-hybridized carbons (Fsp3) is 0.500. The standard InChI is InChI=1S/C26H35NO5/c1-18(2)32-23-14-11-20(17-25(23)31-5)26(28)27-15-7-6-8-21(27)12-9-19-10-13-22(29-3)24(16-19)30-4/h10-11,13-14,16-18,21H,6-9,12,15H2,1-5H3. The van der Waals surface area contributed by atoms with Gasteiger partial charge in [-0.2, -0.15) is 0 Å². The van der Waals surface area contributed by atoms with Crippen LogP contribution in [0.2, 0.25) is 0 Å². The lowest BCUT2D eigenvalue weighted by Gasteiger charge is -2.36. The highest BCUT2D eigenvalue weighted by molar-refractivity contribution is 5.95. The van der Waals surface area contributed by atoms with Gasteiger partial charge in [-0.1, -0.05) is 6.07 Å². The van der Waals surface area contributed by atoms with Gasteiger partial charge >= 0.3 is 0 Å². The molecule has 6 nitrogen and oxygen atoms in total. The minimum absolute atomic E-state index is 0.0357. The minimum Gasteiger partial charge on any atom is -0.493 e. The second kappa shape index (κ2) is 11.1. The van der Waals surface area contributed by atoms with Gasteiger partial charge in [-0.05, 0) is 81.8 Å². The van der Waals surface area contributed by atoms with Gasteiger partial charge in [-0.15, -0.1) is 0 Å². The minimum atomic E-state index is 0.0357. The van der Waals surface area contributed by atoms with Crippen LogP contribution in [-0.2, 0) is 6.42 Å². The Bertz CT molecular complexity index is 911. The van der Waals surface area contributed by atoms with Gasteiger partial charge in [0.15, 0.2) is 23.0 Å². The molecule has 32 heavy (non-hydrogen) atoms. The largest absolute Gasteiger partial charge is 0.493 e. The van der Waals surface area contributed by atoms with Crippen LogP contribution >= 0.6 is 0 Å². The Morgan fingerprint density at radius 2 is 1.62 bits per heavy atom. The van der Waals surface area contributed by atoms with Gasteiger partial charge in [-0.3, -0.25) is 4.79 Å². The third-order valence-corrected chi connectivity index (χ3v) is 5.88. The molecule has 2 aromatic rings. The van der Waals surface area contributed by atoms with E-state index in [1.165, 1.54) is 5.56 Å². The van der Waals surface area contributed by atoms with Crippen LogP contribution in [0.4, 0.5) is 0 Å². The van der Waals surface area contributed by atoms with Crippen molar-refractivity contribution in [3.8, 4) is 23.0 Å². The van der Waals surface area contributed by atoms with Crippen LogP contribution in [0.5, 0.6) is 23.0 Å². The fourth-order valence-electron chi connectivity index (χ4n) is 4.26. The number of rotatable bonds is 9. The number of carbonyl (C=O) groups is 1. The molecule has 0 aromatic heterocycles. The van der Waals surface area contributed by atoms with E-state index in [9.17, 15) is 4.79 Å². The summed E-state index contributed by atoms with van der Waals surface area (Å²) < 4.78 is 22.0. The first kappa shape index (κ1) is 23.8. The molecule has 0 bridgehead atoms. The van der Waals surface area contributed by atoms with E-state index in [-0.39, 0.29) is 18.1 Å². The topological polar surface area (TPSA) is 57.2 Å². The third-order valence-electron chi connectivity index (χ3n) is 5.88. The lowest BCUT2D eigenvalue weighted by Crippen LogP contribution is -2.44. The van der Waals surface area contributed by atoms with E-state index in [1.807, 2.05) is 43.0 Å². The molecule has 1 heterocycles. The van der Waals surface area contributed by atoms with E-state index in [0.29, 0.717) is 17.1 Å². The molecule has 1 saturated heterocycles. The Labute approximate surface area is 191 Å². The van der Waals surface area contributed by atoms with E-state index < -0.39 is 0 Å². The molecule has 6 heteroatoms. The molecule has 1 aliphatic rings. The summed E-state index contributed by atoms with van der Waals surface area (Å²) >= 11 is 0. The maximum atomic E-state index is 13.4. The molecule has 2 aromatic carbocycles. The molecule has 0 spiro atoms. The molecule has 0 saturated carbocycles. The maximum Gasteiger partial charge on any atom is 0.254 e. The molecular formula is C26H35NO5. The zero-order valence-corrected chi connectivity index (χ0v) is 19.8. The highest BCUT2D eigenvalue weighted by Gasteiger charge is 2.28. The zero-order valence-electron chi connectivity index (χ0n) is 19.8. The van der Waals surface area contributed by atoms with Crippen molar-refractivity contribution in [2.45, 2.75) is 58.1 Å². The Hall–Kier alpha value is -2.89. The van der Waals surface area contributed by atoms with Crippen LogP contribution < -0.4 is 18.9 Å². The second-order valence-electron chi connectivity index (χ2n) is 8.41. The fourth-order valence-corrected chi connectivity index (χ4v) is 4.26. The van der Waals surface area contributed by atoms with Crippen molar-refractivity contribution < 1.29 is 23.7 Å². The summed E-state index contributed by atoms with van der Waals surface area (Å²) in [6.45, 7) is 4.71. The third kappa shape index (κ3) is 5.67. The van der Waals surface area contributed by atoms with Gasteiger partial charge in [0.2, 0.25) is 0 Å². The number of likely N-dealkylation sites (tertiary alicyclic amines) is 1. The number of methoxy groups -OCH3 is 3. The Kier molecular flexibility index (Phi) is 8.26.